The molecule has 1 heterocycles. The van der Waals surface area contributed by atoms with Gasteiger partial charge < -0.3 is 4.90 Å². The van der Waals surface area contributed by atoms with Gasteiger partial charge in [-0.3, -0.25) is 14.2 Å². The van der Waals surface area contributed by atoms with E-state index in [2.05, 4.69) is 0 Å². The molecule has 0 aliphatic rings. The summed E-state index contributed by atoms with van der Waals surface area (Å²) in [4.78, 5) is 34.1. The highest BCUT2D eigenvalue weighted by Crippen LogP contribution is 2.27. The molecule has 4 aromatic carbocycles. The fraction of sp³-hybridized carbons (Fsp3) is 0.167. The first kappa shape index (κ1) is 22.5. The minimum Gasteiger partial charge on any atom is -0.324 e. The van der Waals surface area contributed by atoms with Crippen molar-refractivity contribution in [1.82, 2.24) is 14.5 Å². The van der Waals surface area contributed by atoms with Gasteiger partial charge in [0.1, 0.15) is 5.82 Å². The number of carbonyl (C=O) groups excluding carboxylic acids is 1. The summed E-state index contributed by atoms with van der Waals surface area (Å²) in [6.07, 6.45) is 0. The van der Waals surface area contributed by atoms with Crippen LogP contribution in [0.15, 0.2) is 102 Å². The van der Waals surface area contributed by atoms with E-state index in [0.29, 0.717) is 35.4 Å². The van der Waals surface area contributed by atoms with Crippen LogP contribution in [0.2, 0.25) is 0 Å². The lowest BCUT2D eigenvalue weighted by molar-refractivity contribution is 0.0664. The molecule has 0 spiro atoms. The van der Waals surface area contributed by atoms with E-state index in [1.807, 2.05) is 110 Å². The predicted molar refractivity (Wildman–Crippen MR) is 140 cm³/mol. The third-order valence-electron chi connectivity index (χ3n) is 6.53. The average molecular weight is 462 g/mol. The summed E-state index contributed by atoms with van der Waals surface area (Å²) < 4.78 is 1.68. The summed E-state index contributed by atoms with van der Waals surface area (Å²) in [5, 5.41) is 2.50. The van der Waals surface area contributed by atoms with E-state index in [-0.39, 0.29) is 11.5 Å². The van der Waals surface area contributed by atoms with Gasteiger partial charge >= 0.3 is 0 Å². The van der Waals surface area contributed by atoms with E-state index < -0.39 is 6.04 Å². The molecule has 0 saturated carbocycles. The second kappa shape index (κ2) is 9.55. The molecule has 5 aromatic rings. The predicted octanol–water partition coefficient (Wildman–Crippen LogP) is 5.97. The van der Waals surface area contributed by atoms with E-state index in [1.165, 1.54) is 0 Å². The first-order valence-corrected chi connectivity index (χ1v) is 11.9. The molecule has 1 aromatic heterocycles. The minimum atomic E-state index is -0.432. The van der Waals surface area contributed by atoms with Crippen LogP contribution >= 0.6 is 0 Å². The molecule has 1 amide bonds. The SMILES string of the molecule is CCn1c(C(C)N(Cc2ccccc2)C(=O)c2cccc3ccccc23)nc2ccccc2c1=O. The van der Waals surface area contributed by atoms with Gasteiger partial charge in [0.2, 0.25) is 0 Å². The minimum absolute atomic E-state index is 0.0859. The van der Waals surface area contributed by atoms with Gasteiger partial charge in [0, 0.05) is 18.7 Å². The lowest BCUT2D eigenvalue weighted by Crippen LogP contribution is -2.37. The molecular weight excluding hydrogens is 434 g/mol. The maximum atomic E-state index is 14.1. The van der Waals surface area contributed by atoms with Gasteiger partial charge in [0.25, 0.3) is 11.5 Å². The first-order valence-electron chi connectivity index (χ1n) is 11.9. The molecule has 35 heavy (non-hydrogen) atoms. The van der Waals surface area contributed by atoms with Crippen LogP contribution in [0.4, 0.5) is 0 Å². The van der Waals surface area contributed by atoms with Crippen LogP contribution < -0.4 is 5.56 Å². The second-order valence-corrected chi connectivity index (χ2v) is 8.66. The second-order valence-electron chi connectivity index (χ2n) is 8.66. The molecule has 174 valence electrons. The van der Waals surface area contributed by atoms with Gasteiger partial charge in [-0.2, -0.15) is 0 Å². The summed E-state index contributed by atoms with van der Waals surface area (Å²) in [5.74, 6) is 0.490. The summed E-state index contributed by atoms with van der Waals surface area (Å²) in [6.45, 7) is 4.76. The fourth-order valence-corrected chi connectivity index (χ4v) is 4.68. The van der Waals surface area contributed by atoms with Crippen molar-refractivity contribution in [3.63, 3.8) is 0 Å². The normalized spacial score (nSPS) is 12.1. The quantitative estimate of drug-likeness (QED) is 0.313. The van der Waals surface area contributed by atoms with Gasteiger partial charge in [-0.25, -0.2) is 4.98 Å². The standard InChI is InChI=1S/C30H27N3O2/c1-3-32-28(31-27-19-10-9-17-26(27)30(32)35)21(2)33(20-22-12-5-4-6-13-22)29(34)25-18-11-15-23-14-7-8-16-24(23)25/h4-19,21H,3,20H2,1-2H3. The number of amides is 1. The van der Waals surface area contributed by atoms with Crippen LogP contribution in [0.1, 0.15) is 41.6 Å². The van der Waals surface area contributed by atoms with E-state index in [1.54, 1.807) is 10.6 Å². The zero-order valence-corrected chi connectivity index (χ0v) is 19.9. The van der Waals surface area contributed by atoms with Gasteiger partial charge in [0.05, 0.1) is 16.9 Å². The van der Waals surface area contributed by atoms with Crippen molar-refractivity contribution in [3.8, 4) is 0 Å². The number of nitrogens with zero attached hydrogens (tertiary/aromatic N) is 3. The Morgan fingerprint density at radius 3 is 2.29 bits per heavy atom. The van der Waals surface area contributed by atoms with Crippen LogP contribution in [0.3, 0.4) is 0 Å². The third-order valence-corrected chi connectivity index (χ3v) is 6.53. The Hall–Kier alpha value is -4.25. The molecule has 5 rings (SSSR count). The Kier molecular flexibility index (Phi) is 6.15. The Morgan fingerprint density at radius 2 is 1.51 bits per heavy atom. The van der Waals surface area contributed by atoms with Crippen LogP contribution in [0.25, 0.3) is 21.7 Å². The highest BCUT2D eigenvalue weighted by molar-refractivity contribution is 6.07. The number of hydrogen-bond acceptors (Lipinski definition) is 3. The smallest absolute Gasteiger partial charge is 0.261 e. The molecule has 0 fully saturated rings. The molecule has 0 saturated heterocycles. The molecular formula is C30H27N3O2. The number of benzene rings is 4. The Morgan fingerprint density at radius 1 is 0.857 bits per heavy atom. The van der Waals surface area contributed by atoms with Gasteiger partial charge in [-0.05, 0) is 48.4 Å². The summed E-state index contributed by atoms with van der Waals surface area (Å²) >= 11 is 0. The van der Waals surface area contributed by atoms with Gasteiger partial charge in [-0.1, -0.05) is 78.9 Å². The molecule has 0 aliphatic heterocycles. The number of para-hydroxylation sites is 1. The van der Waals surface area contributed by atoms with Crippen LogP contribution in [0, 0.1) is 0 Å². The number of fused-ring (bicyclic) bond motifs is 2. The Balaban J connectivity index is 1.66. The number of aromatic nitrogens is 2. The van der Waals surface area contributed by atoms with Crippen molar-refractivity contribution in [3.05, 3.63) is 124 Å². The molecule has 5 heteroatoms. The monoisotopic (exact) mass is 461 g/mol. The zero-order chi connectivity index (χ0) is 24.4. The number of carbonyl (C=O) groups is 1. The van der Waals surface area contributed by atoms with Crippen molar-refractivity contribution in [2.75, 3.05) is 0 Å². The number of rotatable bonds is 6. The van der Waals surface area contributed by atoms with Crippen molar-refractivity contribution in [1.29, 1.82) is 0 Å². The van der Waals surface area contributed by atoms with Crippen molar-refractivity contribution >= 4 is 27.6 Å². The lowest BCUT2D eigenvalue weighted by Gasteiger charge is -2.31. The fourth-order valence-electron chi connectivity index (χ4n) is 4.68. The molecule has 5 nitrogen and oxygen atoms in total. The van der Waals surface area contributed by atoms with Crippen LogP contribution in [-0.4, -0.2) is 20.4 Å². The molecule has 0 bridgehead atoms. The maximum absolute atomic E-state index is 14.1. The highest BCUT2D eigenvalue weighted by atomic mass is 16.2. The molecule has 0 aliphatic carbocycles. The van der Waals surface area contributed by atoms with Gasteiger partial charge in [-0.15, -0.1) is 0 Å². The summed E-state index contributed by atoms with van der Waals surface area (Å²) in [7, 11) is 0. The molecule has 0 N–H and O–H groups in total. The largest absolute Gasteiger partial charge is 0.324 e. The Bertz CT molecular complexity index is 1570. The highest BCUT2D eigenvalue weighted by Gasteiger charge is 2.28. The molecule has 1 unspecified atom stereocenters. The molecule has 0 radical (unpaired) electrons. The topological polar surface area (TPSA) is 55.2 Å². The van der Waals surface area contributed by atoms with Crippen LogP contribution in [0.5, 0.6) is 0 Å². The van der Waals surface area contributed by atoms with E-state index in [4.69, 9.17) is 4.98 Å². The first-order chi connectivity index (χ1) is 17.1. The van der Waals surface area contributed by atoms with E-state index in [9.17, 15) is 9.59 Å². The summed E-state index contributed by atoms with van der Waals surface area (Å²) in [6, 6.07) is 30.6. The molecule has 1 atom stereocenters. The zero-order valence-electron chi connectivity index (χ0n) is 19.9. The Labute approximate surface area is 204 Å². The third kappa shape index (κ3) is 4.21. The van der Waals surface area contributed by atoms with Crippen molar-refractivity contribution in [2.24, 2.45) is 0 Å². The number of hydrogen-bond donors (Lipinski definition) is 0. The van der Waals surface area contributed by atoms with E-state index >= 15 is 0 Å². The lowest BCUT2D eigenvalue weighted by atomic mass is 10.0. The van der Waals surface area contributed by atoms with Crippen molar-refractivity contribution in [2.45, 2.75) is 33.0 Å². The van der Waals surface area contributed by atoms with Crippen LogP contribution in [-0.2, 0) is 13.1 Å². The summed E-state index contributed by atoms with van der Waals surface area (Å²) in [5.41, 5.74) is 2.20. The van der Waals surface area contributed by atoms with E-state index in [0.717, 1.165) is 16.3 Å². The maximum Gasteiger partial charge on any atom is 0.261 e. The van der Waals surface area contributed by atoms with Crippen molar-refractivity contribution < 1.29 is 4.79 Å². The van der Waals surface area contributed by atoms with Gasteiger partial charge in [0.15, 0.2) is 0 Å². The average Bonchev–Trinajstić information content (AvgIpc) is 2.91.